The Balaban J connectivity index is 2.64. The van der Waals surface area contributed by atoms with Crippen LogP contribution < -0.4 is 5.32 Å². The van der Waals surface area contributed by atoms with Crippen molar-refractivity contribution in [3.8, 4) is 6.07 Å². The molecule has 1 rings (SSSR count). The quantitative estimate of drug-likeness (QED) is 0.648. The van der Waals surface area contributed by atoms with Crippen molar-refractivity contribution in [2.45, 2.75) is 6.04 Å². The molecule has 60 valence electrons. The number of hydrogen-bond acceptors (Lipinski definition) is 5. The molecule has 0 saturated carbocycles. The van der Waals surface area contributed by atoms with Gasteiger partial charge in [-0.25, -0.2) is 15.0 Å². The van der Waals surface area contributed by atoms with E-state index in [1.165, 1.54) is 18.7 Å². The molecule has 0 aromatic carbocycles. The second-order valence-electron chi connectivity index (χ2n) is 1.95. The fraction of sp³-hybridized carbons (Fsp3) is 0.143. The summed E-state index contributed by atoms with van der Waals surface area (Å²) in [4.78, 5) is 11.2. The molecular weight excluding hydrogens is 154 g/mol. The second-order valence-corrected chi connectivity index (χ2v) is 1.95. The Morgan fingerprint density at radius 3 is 2.75 bits per heavy atom. The number of nitriles is 1. The van der Waals surface area contributed by atoms with Crippen molar-refractivity contribution in [3.63, 3.8) is 0 Å². The van der Waals surface area contributed by atoms with Crippen LogP contribution in [-0.4, -0.2) is 21.0 Å². The van der Waals surface area contributed by atoms with Crippen LogP contribution in [-0.2, 0) is 0 Å². The van der Waals surface area contributed by atoms with E-state index in [9.17, 15) is 0 Å². The molecule has 0 amide bonds. The lowest BCUT2D eigenvalue weighted by molar-refractivity contribution is 0.993. The summed E-state index contributed by atoms with van der Waals surface area (Å²) in [5.41, 5.74) is 0. The van der Waals surface area contributed by atoms with E-state index in [0.29, 0.717) is 5.95 Å². The van der Waals surface area contributed by atoms with Gasteiger partial charge in [-0.15, -0.1) is 0 Å². The summed E-state index contributed by atoms with van der Waals surface area (Å²) in [6.07, 6.45) is 4.18. The van der Waals surface area contributed by atoms with Crippen molar-refractivity contribution in [1.82, 2.24) is 15.0 Å². The van der Waals surface area contributed by atoms with Crippen molar-refractivity contribution < 1.29 is 0 Å². The first-order chi connectivity index (χ1) is 5.86. The molecule has 5 nitrogen and oxygen atoms in total. The maximum atomic E-state index is 8.53. The van der Waals surface area contributed by atoms with Gasteiger partial charge in [-0.1, -0.05) is 12.7 Å². The van der Waals surface area contributed by atoms with Crippen LogP contribution in [0.15, 0.2) is 25.3 Å². The summed E-state index contributed by atoms with van der Waals surface area (Å²) in [6, 6.07) is 1.51. The van der Waals surface area contributed by atoms with Crippen LogP contribution in [0.5, 0.6) is 0 Å². The van der Waals surface area contributed by atoms with Gasteiger partial charge in [0, 0.05) is 0 Å². The van der Waals surface area contributed by atoms with Crippen LogP contribution in [0.1, 0.15) is 0 Å². The van der Waals surface area contributed by atoms with Crippen LogP contribution >= 0.6 is 0 Å². The van der Waals surface area contributed by atoms with Crippen LogP contribution in [0.2, 0.25) is 0 Å². The minimum Gasteiger partial charge on any atom is -0.335 e. The Bertz CT molecular complexity index is 288. The standard InChI is InChI=1S/C7H7N5/c1-2-6(3-8)12-7-10-4-9-5-11-7/h2,4-6H,1H2,(H,9,10,11,12). The highest BCUT2D eigenvalue weighted by atomic mass is 15.1. The molecule has 1 aromatic rings. The Morgan fingerprint density at radius 1 is 1.58 bits per heavy atom. The van der Waals surface area contributed by atoms with E-state index in [1.807, 2.05) is 6.07 Å². The predicted octanol–water partition coefficient (Wildman–Crippen LogP) is 0.362. The predicted molar refractivity (Wildman–Crippen MR) is 43.0 cm³/mol. The van der Waals surface area contributed by atoms with Crippen LogP contribution in [0.4, 0.5) is 5.95 Å². The molecule has 1 unspecified atom stereocenters. The third kappa shape index (κ3) is 2.02. The Morgan fingerprint density at radius 2 is 2.25 bits per heavy atom. The highest BCUT2D eigenvalue weighted by Crippen LogP contribution is 1.96. The molecule has 1 atom stereocenters. The topological polar surface area (TPSA) is 74.5 Å². The fourth-order valence-corrected chi connectivity index (χ4v) is 0.597. The number of nitrogens with one attached hydrogen (secondary N) is 1. The average Bonchev–Trinajstić information content (AvgIpc) is 2.16. The SMILES string of the molecule is C=CC(C#N)Nc1ncncn1. The Hall–Kier alpha value is -1.96. The van der Waals surface area contributed by atoms with Gasteiger partial charge >= 0.3 is 0 Å². The maximum absolute atomic E-state index is 8.53. The monoisotopic (exact) mass is 161 g/mol. The van der Waals surface area contributed by atoms with Crippen molar-refractivity contribution >= 4 is 5.95 Å². The van der Waals surface area contributed by atoms with Crippen LogP contribution in [0.25, 0.3) is 0 Å². The van der Waals surface area contributed by atoms with Crippen molar-refractivity contribution in [2.75, 3.05) is 5.32 Å². The number of rotatable bonds is 3. The molecule has 0 radical (unpaired) electrons. The molecule has 1 N–H and O–H groups in total. The molecule has 0 fully saturated rings. The maximum Gasteiger partial charge on any atom is 0.226 e. The number of aromatic nitrogens is 3. The summed E-state index contributed by atoms with van der Waals surface area (Å²) >= 11 is 0. The lowest BCUT2D eigenvalue weighted by Gasteiger charge is -2.04. The number of nitrogens with zero attached hydrogens (tertiary/aromatic N) is 4. The second kappa shape index (κ2) is 4.03. The van der Waals surface area contributed by atoms with E-state index < -0.39 is 6.04 Å². The minimum absolute atomic E-state index is 0.372. The van der Waals surface area contributed by atoms with Gasteiger partial charge in [0.15, 0.2) is 0 Å². The van der Waals surface area contributed by atoms with Gasteiger partial charge in [0.05, 0.1) is 6.07 Å². The normalized spacial score (nSPS) is 11.2. The summed E-state index contributed by atoms with van der Waals surface area (Å²) in [5.74, 6) is 0.372. The van der Waals surface area contributed by atoms with E-state index >= 15 is 0 Å². The zero-order valence-corrected chi connectivity index (χ0v) is 6.31. The van der Waals surface area contributed by atoms with Gasteiger partial charge in [-0.3, -0.25) is 0 Å². The van der Waals surface area contributed by atoms with Gasteiger partial charge in [0.1, 0.15) is 18.7 Å². The molecule has 5 heteroatoms. The highest BCUT2D eigenvalue weighted by Gasteiger charge is 2.01. The largest absolute Gasteiger partial charge is 0.335 e. The lowest BCUT2D eigenvalue weighted by atomic mass is 10.3. The van der Waals surface area contributed by atoms with E-state index in [-0.39, 0.29) is 0 Å². The first-order valence-electron chi connectivity index (χ1n) is 3.27. The molecule has 1 aromatic heterocycles. The number of hydrogen-bond donors (Lipinski definition) is 1. The molecule has 0 aliphatic heterocycles. The Labute approximate surface area is 69.8 Å². The van der Waals surface area contributed by atoms with Crippen molar-refractivity contribution in [3.05, 3.63) is 25.3 Å². The van der Waals surface area contributed by atoms with E-state index in [4.69, 9.17) is 5.26 Å². The zero-order valence-electron chi connectivity index (χ0n) is 6.31. The molecule has 0 bridgehead atoms. The summed E-state index contributed by atoms with van der Waals surface area (Å²) in [7, 11) is 0. The van der Waals surface area contributed by atoms with Gasteiger partial charge in [-0.2, -0.15) is 5.26 Å². The molecule has 0 aliphatic carbocycles. The lowest BCUT2D eigenvalue weighted by Crippen LogP contribution is -2.15. The third-order valence-electron chi connectivity index (χ3n) is 1.15. The van der Waals surface area contributed by atoms with Crippen LogP contribution in [0, 0.1) is 11.3 Å². The minimum atomic E-state index is -0.465. The molecule has 0 spiro atoms. The van der Waals surface area contributed by atoms with Crippen molar-refractivity contribution in [1.29, 1.82) is 5.26 Å². The summed E-state index contributed by atoms with van der Waals surface area (Å²) < 4.78 is 0. The summed E-state index contributed by atoms with van der Waals surface area (Å²) in [6.45, 7) is 3.47. The summed E-state index contributed by atoms with van der Waals surface area (Å²) in [5, 5.41) is 11.3. The Kier molecular flexibility index (Phi) is 2.73. The molecule has 1 heterocycles. The molecular formula is C7H7N5. The van der Waals surface area contributed by atoms with E-state index in [2.05, 4.69) is 26.8 Å². The molecule has 12 heavy (non-hydrogen) atoms. The zero-order chi connectivity index (χ0) is 8.81. The molecule has 0 saturated heterocycles. The van der Waals surface area contributed by atoms with Gasteiger partial charge < -0.3 is 5.32 Å². The molecule has 0 aliphatic rings. The average molecular weight is 161 g/mol. The van der Waals surface area contributed by atoms with Crippen molar-refractivity contribution in [2.24, 2.45) is 0 Å². The van der Waals surface area contributed by atoms with E-state index in [1.54, 1.807) is 0 Å². The fourth-order valence-electron chi connectivity index (χ4n) is 0.597. The third-order valence-corrected chi connectivity index (χ3v) is 1.15. The van der Waals surface area contributed by atoms with Gasteiger partial charge in [0.25, 0.3) is 0 Å². The number of anilines is 1. The van der Waals surface area contributed by atoms with Gasteiger partial charge in [-0.05, 0) is 0 Å². The van der Waals surface area contributed by atoms with Crippen LogP contribution in [0.3, 0.4) is 0 Å². The highest BCUT2D eigenvalue weighted by molar-refractivity contribution is 5.29. The first kappa shape index (κ1) is 8.14. The smallest absolute Gasteiger partial charge is 0.226 e. The van der Waals surface area contributed by atoms with E-state index in [0.717, 1.165) is 0 Å². The first-order valence-corrected chi connectivity index (χ1v) is 3.27. The van der Waals surface area contributed by atoms with Gasteiger partial charge in [0.2, 0.25) is 5.95 Å².